The van der Waals surface area contributed by atoms with Gasteiger partial charge in [-0.2, -0.15) is 5.10 Å². The lowest BCUT2D eigenvalue weighted by molar-refractivity contribution is 0.0240. The van der Waals surface area contributed by atoms with Crippen molar-refractivity contribution in [2.24, 2.45) is 5.41 Å². The van der Waals surface area contributed by atoms with Crippen LogP contribution in [0.1, 0.15) is 25.3 Å². The minimum absolute atomic E-state index is 0.382. The predicted octanol–water partition coefficient (Wildman–Crippen LogP) is 1.89. The first kappa shape index (κ1) is 12.3. The number of aromatic nitrogens is 2. The molecule has 1 aromatic rings. The Kier molecular flexibility index (Phi) is 3.97. The Morgan fingerprint density at radius 3 is 3.00 bits per heavy atom. The van der Waals surface area contributed by atoms with Crippen LogP contribution in [0.5, 0.6) is 0 Å². The second kappa shape index (κ2) is 5.47. The molecule has 0 saturated carbocycles. The van der Waals surface area contributed by atoms with E-state index in [1.807, 2.05) is 12.4 Å². The zero-order valence-corrected chi connectivity index (χ0v) is 10.5. The van der Waals surface area contributed by atoms with E-state index in [1.54, 1.807) is 10.9 Å². The van der Waals surface area contributed by atoms with E-state index in [4.69, 9.17) is 4.74 Å². The zero-order chi connectivity index (χ0) is 12.1. The lowest BCUT2D eigenvalue weighted by atomic mass is 9.82. The van der Waals surface area contributed by atoms with Crippen LogP contribution in [0.15, 0.2) is 19.0 Å². The molecule has 94 valence electrons. The van der Waals surface area contributed by atoms with E-state index in [1.165, 1.54) is 5.56 Å². The molecule has 1 aliphatic rings. The zero-order valence-electron chi connectivity index (χ0n) is 10.5. The van der Waals surface area contributed by atoms with Gasteiger partial charge in [-0.05, 0) is 18.3 Å². The molecule has 4 nitrogen and oxygen atoms in total. The monoisotopic (exact) mass is 235 g/mol. The Hall–Kier alpha value is -1.13. The van der Waals surface area contributed by atoms with E-state index in [2.05, 4.69) is 23.9 Å². The van der Waals surface area contributed by atoms with E-state index in [9.17, 15) is 0 Å². The van der Waals surface area contributed by atoms with Crippen molar-refractivity contribution in [2.45, 2.75) is 26.3 Å². The quantitative estimate of drug-likeness (QED) is 0.847. The van der Waals surface area contributed by atoms with E-state index in [0.717, 1.165) is 39.1 Å². The maximum atomic E-state index is 5.40. The van der Waals surface area contributed by atoms with Gasteiger partial charge in [0.15, 0.2) is 0 Å². The molecular formula is C13H21N3O. The van der Waals surface area contributed by atoms with Gasteiger partial charge in [0.1, 0.15) is 0 Å². The molecule has 4 heteroatoms. The van der Waals surface area contributed by atoms with Crippen molar-refractivity contribution in [2.75, 3.05) is 19.8 Å². The molecule has 0 amide bonds. The summed E-state index contributed by atoms with van der Waals surface area (Å²) in [5, 5.41) is 7.66. The van der Waals surface area contributed by atoms with Gasteiger partial charge in [-0.3, -0.25) is 0 Å². The number of hydrogen-bond acceptors (Lipinski definition) is 3. The van der Waals surface area contributed by atoms with E-state index in [0.29, 0.717) is 5.41 Å². The smallest absolute Gasteiger partial charge is 0.0538 e. The Labute approximate surface area is 103 Å². The van der Waals surface area contributed by atoms with Crippen molar-refractivity contribution >= 4 is 6.20 Å². The predicted molar refractivity (Wildman–Crippen MR) is 68.5 cm³/mol. The third-order valence-electron chi connectivity index (χ3n) is 3.42. The molecule has 1 saturated heterocycles. The summed E-state index contributed by atoms with van der Waals surface area (Å²) in [6.07, 6.45) is 7.86. The third kappa shape index (κ3) is 3.41. The fourth-order valence-corrected chi connectivity index (χ4v) is 2.12. The first-order valence-corrected chi connectivity index (χ1v) is 6.16. The van der Waals surface area contributed by atoms with E-state index in [-0.39, 0.29) is 0 Å². The Balaban J connectivity index is 1.76. The third-order valence-corrected chi connectivity index (χ3v) is 3.42. The maximum Gasteiger partial charge on any atom is 0.0538 e. The van der Waals surface area contributed by atoms with Crippen LogP contribution >= 0.6 is 0 Å². The summed E-state index contributed by atoms with van der Waals surface area (Å²) in [6.45, 7) is 9.70. The van der Waals surface area contributed by atoms with Gasteiger partial charge in [0, 0.05) is 44.3 Å². The highest BCUT2D eigenvalue weighted by Crippen LogP contribution is 2.28. The number of hydrogen-bond donors (Lipinski definition) is 1. The number of nitrogens with one attached hydrogen (secondary N) is 1. The molecule has 0 atom stereocenters. The van der Waals surface area contributed by atoms with Gasteiger partial charge in [-0.15, -0.1) is 0 Å². The van der Waals surface area contributed by atoms with Crippen molar-refractivity contribution in [3.05, 3.63) is 24.5 Å². The lowest BCUT2D eigenvalue weighted by Crippen LogP contribution is -2.36. The van der Waals surface area contributed by atoms with Crippen LogP contribution < -0.4 is 5.32 Å². The van der Waals surface area contributed by atoms with Crippen LogP contribution in [0, 0.1) is 5.41 Å². The normalized spacial score (nSPS) is 19.1. The van der Waals surface area contributed by atoms with Gasteiger partial charge >= 0.3 is 0 Å². The maximum absolute atomic E-state index is 5.40. The molecule has 0 aliphatic carbocycles. The van der Waals surface area contributed by atoms with Crippen molar-refractivity contribution in [3.8, 4) is 0 Å². The summed E-state index contributed by atoms with van der Waals surface area (Å²) >= 11 is 0. The highest BCUT2D eigenvalue weighted by molar-refractivity contribution is 5.17. The molecule has 2 rings (SSSR count). The van der Waals surface area contributed by atoms with Gasteiger partial charge in [0.2, 0.25) is 0 Å². The minimum atomic E-state index is 0.382. The first-order chi connectivity index (χ1) is 8.22. The van der Waals surface area contributed by atoms with Gasteiger partial charge in [0.25, 0.3) is 0 Å². The minimum Gasteiger partial charge on any atom is -0.381 e. The second-order valence-corrected chi connectivity index (χ2v) is 5.04. The van der Waals surface area contributed by atoms with E-state index >= 15 is 0 Å². The molecule has 0 aromatic carbocycles. The molecule has 1 N–H and O–H groups in total. The average Bonchev–Trinajstić information content (AvgIpc) is 2.78. The first-order valence-electron chi connectivity index (χ1n) is 6.16. The van der Waals surface area contributed by atoms with Crippen LogP contribution in [-0.2, 0) is 11.3 Å². The van der Waals surface area contributed by atoms with Gasteiger partial charge in [0.05, 0.1) is 6.20 Å². The lowest BCUT2D eigenvalue weighted by Gasteiger charge is -2.33. The molecule has 1 fully saturated rings. The van der Waals surface area contributed by atoms with Crippen LogP contribution in [0.2, 0.25) is 0 Å². The Morgan fingerprint density at radius 1 is 1.59 bits per heavy atom. The molecular weight excluding hydrogens is 214 g/mol. The van der Waals surface area contributed by atoms with Crippen molar-refractivity contribution in [1.29, 1.82) is 0 Å². The summed E-state index contributed by atoms with van der Waals surface area (Å²) in [4.78, 5) is 0. The van der Waals surface area contributed by atoms with E-state index < -0.39 is 0 Å². The average molecular weight is 235 g/mol. The SMILES string of the molecule is C=Cn1cc(CNCC2(C)CCOCC2)cn1. The molecule has 0 spiro atoms. The largest absolute Gasteiger partial charge is 0.381 e. The molecule has 0 radical (unpaired) electrons. The van der Waals surface area contributed by atoms with Gasteiger partial charge in [-0.1, -0.05) is 13.5 Å². The summed E-state index contributed by atoms with van der Waals surface area (Å²) in [7, 11) is 0. The van der Waals surface area contributed by atoms with Crippen LogP contribution in [-0.4, -0.2) is 29.5 Å². The molecule has 1 aromatic heterocycles. The number of rotatable bonds is 5. The van der Waals surface area contributed by atoms with Crippen molar-refractivity contribution in [1.82, 2.24) is 15.1 Å². The summed E-state index contributed by atoms with van der Waals surface area (Å²) in [6, 6.07) is 0. The molecule has 1 aliphatic heterocycles. The van der Waals surface area contributed by atoms with Crippen LogP contribution in [0.25, 0.3) is 6.20 Å². The summed E-state index contributed by atoms with van der Waals surface area (Å²) < 4.78 is 7.12. The van der Waals surface area contributed by atoms with Crippen LogP contribution in [0.3, 0.4) is 0 Å². The number of nitrogens with zero attached hydrogens (tertiary/aromatic N) is 2. The molecule has 2 heterocycles. The Bertz CT molecular complexity index is 366. The van der Waals surface area contributed by atoms with Gasteiger partial charge < -0.3 is 10.1 Å². The number of ether oxygens (including phenoxy) is 1. The standard InChI is InChI=1S/C13H21N3O/c1-3-16-10-12(9-15-16)8-14-11-13(2)4-6-17-7-5-13/h3,9-10,14H,1,4-8,11H2,2H3. The molecule has 0 unspecified atom stereocenters. The summed E-state index contributed by atoms with van der Waals surface area (Å²) in [5.74, 6) is 0. The van der Waals surface area contributed by atoms with Crippen molar-refractivity contribution < 1.29 is 4.74 Å². The van der Waals surface area contributed by atoms with Gasteiger partial charge in [-0.25, -0.2) is 4.68 Å². The topological polar surface area (TPSA) is 39.1 Å². The van der Waals surface area contributed by atoms with Crippen LogP contribution in [0.4, 0.5) is 0 Å². The van der Waals surface area contributed by atoms with Crippen molar-refractivity contribution in [3.63, 3.8) is 0 Å². The second-order valence-electron chi connectivity index (χ2n) is 5.04. The summed E-state index contributed by atoms with van der Waals surface area (Å²) in [5.41, 5.74) is 1.58. The highest BCUT2D eigenvalue weighted by atomic mass is 16.5. The highest BCUT2D eigenvalue weighted by Gasteiger charge is 2.26. The fourth-order valence-electron chi connectivity index (χ4n) is 2.12. The molecule has 0 bridgehead atoms. The fraction of sp³-hybridized carbons (Fsp3) is 0.615. The Morgan fingerprint density at radius 2 is 2.35 bits per heavy atom. The molecule has 17 heavy (non-hydrogen) atoms.